The Labute approximate surface area is 143 Å². The first-order valence-electron chi connectivity index (χ1n) is 9.09. The number of aliphatic hydroxyl groups is 1. The van der Waals surface area contributed by atoms with Crippen LogP contribution >= 0.6 is 0 Å². The number of rotatable bonds is 5. The average molecular weight is 336 g/mol. The molecule has 1 N–H and O–H groups in total. The Kier molecular flexibility index (Phi) is 4.49. The Balaban J connectivity index is 1.98. The number of ether oxygens (including phenoxy) is 2. The average Bonchev–Trinajstić information content (AvgIpc) is 3.13. The first-order valence-corrected chi connectivity index (χ1v) is 9.09. The standard InChI is InChI=1S/C19H28O5/c1-4-23-16(21)19(17(22)24-5-2)9-14-15-12(6-7-13(15)10-20)8-18(14,3)11-19/h12,14,20H,4-11H2,1-3H3/t12-,14+,18+/m0/s1. The van der Waals surface area contributed by atoms with Gasteiger partial charge in [-0.25, -0.2) is 0 Å². The van der Waals surface area contributed by atoms with Crippen molar-refractivity contribution in [2.24, 2.45) is 22.7 Å². The summed E-state index contributed by atoms with van der Waals surface area (Å²) in [7, 11) is 0. The van der Waals surface area contributed by atoms with Crippen LogP contribution in [0.2, 0.25) is 0 Å². The van der Waals surface area contributed by atoms with Crippen molar-refractivity contribution in [3.63, 3.8) is 0 Å². The zero-order valence-corrected chi connectivity index (χ0v) is 14.9. The van der Waals surface area contributed by atoms with Gasteiger partial charge in [0.05, 0.1) is 19.8 Å². The minimum Gasteiger partial charge on any atom is -0.465 e. The van der Waals surface area contributed by atoms with Crippen LogP contribution in [-0.4, -0.2) is 36.9 Å². The molecule has 3 rings (SSSR count). The molecule has 5 heteroatoms. The van der Waals surface area contributed by atoms with Crippen LogP contribution in [0.5, 0.6) is 0 Å². The first kappa shape index (κ1) is 17.5. The second-order valence-corrected chi connectivity index (χ2v) is 7.77. The molecule has 0 aromatic carbocycles. The summed E-state index contributed by atoms with van der Waals surface area (Å²) in [5, 5.41) is 9.69. The molecule has 0 amide bonds. The summed E-state index contributed by atoms with van der Waals surface area (Å²) < 4.78 is 10.5. The molecule has 3 aliphatic rings. The highest BCUT2D eigenvalue weighted by atomic mass is 16.6. The molecular formula is C19H28O5. The van der Waals surface area contributed by atoms with Crippen LogP contribution in [0.15, 0.2) is 11.1 Å². The van der Waals surface area contributed by atoms with E-state index in [1.54, 1.807) is 13.8 Å². The zero-order chi connectivity index (χ0) is 17.5. The van der Waals surface area contributed by atoms with Gasteiger partial charge < -0.3 is 14.6 Å². The van der Waals surface area contributed by atoms with E-state index in [0.717, 1.165) is 24.8 Å². The van der Waals surface area contributed by atoms with Crippen molar-refractivity contribution in [1.29, 1.82) is 0 Å². The number of carbonyl (C=O) groups excluding carboxylic acids is 2. The number of hydrogen-bond acceptors (Lipinski definition) is 5. The Morgan fingerprint density at radius 2 is 1.79 bits per heavy atom. The number of allylic oxidation sites excluding steroid dienone is 1. The second-order valence-electron chi connectivity index (χ2n) is 7.77. The molecule has 2 fully saturated rings. The third-order valence-electron chi connectivity index (χ3n) is 6.35. The zero-order valence-electron chi connectivity index (χ0n) is 14.9. The smallest absolute Gasteiger partial charge is 0.323 e. The van der Waals surface area contributed by atoms with E-state index in [4.69, 9.17) is 9.47 Å². The third-order valence-corrected chi connectivity index (χ3v) is 6.35. The highest BCUT2D eigenvalue weighted by molar-refractivity contribution is 6.00. The van der Waals surface area contributed by atoms with Crippen molar-refractivity contribution in [1.82, 2.24) is 0 Å². The minimum absolute atomic E-state index is 0.0875. The molecule has 0 spiro atoms. The fourth-order valence-electron chi connectivity index (χ4n) is 5.53. The number of hydrogen-bond donors (Lipinski definition) is 1. The lowest BCUT2D eigenvalue weighted by Crippen LogP contribution is -2.41. The predicted molar refractivity (Wildman–Crippen MR) is 88.0 cm³/mol. The lowest BCUT2D eigenvalue weighted by molar-refractivity contribution is -0.172. The Morgan fingerprint density at radius 1 is 1.17 bits per heavy atom. The molecule has 0 aliphatic heterocycles. The third kappa shape index (κ3) is 2.40. The first-order chi connectivity index (χ1) is 11.4. The summed E-state index contributed by atoms with van der Waals surface area (Å²) in [6.07, 6.45) is 3.95. The Bertz CT molecular complexity index is 560. The van der Waals surface area contributed by atoms with Crippen LogP contribution < -0.4 is 0 Å². The molecule has 2 saturated carbocycles. The van der Waals surface area contributed by atoms with Crippen molar-refractivity contribution in [3.8, 4) is 0 Å². The van der Waals surface area contributed by atoms with Crippen LogP contribution in [-0.2, 0) is 19.1 Å². The van der Waals surface area contributed by atoms with Gasteiger partial charge in [0, 0.05) is 0 Å². The Morgan fingerprint density at radius 3 is 2.33 bits per heavy atom. The van der Waals surface area contributed by atoms with E-state index in [1.807, 2.05) is 0 Å². The van der Waals surface area contributed by atoms with E-state index in [0.29, 0.717) is 18.8 Å². The van der Waals surface area contributed by atoms with Gasteiger partial charge in [0.15, 0.2) is 5.41 Å². The highest BCUT2D eigenvalue weighted by Gasteiger charge is 2.66. The van der Waals surface area contributed by atoms with Gasteiger partial charge >= 0.3 is 11.9 Å². The van der Waals surface area contributed by atoms with Gasteiger partial charge in [0.2, 0.25) is 0 Å². The highest BCUT2D eigenvalue weighted by Crippen LogP contribution is 2.67. The van der Waals surface area contributed by atoms with Crippen molar-refractivity contribution in [2.45, 2.75) is 52.9 Å². The van der Waals surface area contributed by atoms with Gasteiger partial charge in [0.25, 0.3) is 0 Å². The van der Waals surface area contributed by atoms with Crippen LogP contribution in [0, 0.1) is 22.7 Å². The summed E-state index contributed by atoms with van der Waals surface area (Å²) in [5.74, 6) is -0.218. The molecule has 3 atom stereocenters. The number of aliphatic hydroxyl groups excluding tert-OH is 1. The molecular weight excluding hydrogens is 308 g/mol. The SMILES string of the molecule is CCOC(=O)C1(C(=O)OCC)C[C@@H]2C3=C(CO)CC[C@H]3C[C@]2(C)C1. The predicted octanol–water partition coefficient (Wildman–Crippen LogP) is 2.62. The normalized spacial score (nSPS) is 33.3. The summed E-state index contributed by atoms with van der Waals surface area (Å²) >= 11 is 0. The molecule has 0 aromatic heterocycles. The van der Waals surface area contributed by atoms with Gasteiger partial charge in [-0.2, -0.15) is 0 Å². The van der Waals surface area contributed by atoms with Crippen LogP contribution in [0.1, 0.15) is 52.9 Å². The maximum Gasteiger partial charge on any atom is 0.323 e. The molecule has 3 aliphatic carbocycles. The van der Waals surface area contributed by atoms with Crippen molar-refractivity contribution < 1.29 is 24.2 Å². The molecule has 134 valence electrons. The number of fused-ring (bicyclic) bond motifs is 3. The fraction of sp³-hybridized carbons (Fsp3) is 0.789. The molecule has 0 radical (unpaired) electrons. The van der Waals surface area contributed by atoms with Crippen LogP contribution in [0.3, 0.4) is 0 Å². The van der Waals surface area contributed by atoms with E-state index >= 15 is 0 Å². The topological polar surface area (TPSA) is 72.8 Å². The van der Waals surface area contributed by atoms with Gasteiger partial charge in [-0.3, -0.25) is 9.59 Å². The maximum absolute atomic E-state index is 12.7. The fourth-order valence-corrected chi connectivity index (χ4v) is 5.53. The lowest BCUT2D eigenvalue weighted by atomic mass is 9.77. The van der Waals surface area contributed by atoms with E-state index in [-0.39, 0.29) is 31.2 Å². The maximum atomic E-state index is 12.7. The van der Waals surface area contributed by atoms with E-state index in [2.05, 4.69) is 6.92 Å². The number of carbonyl (C=O) groups is 2. The summed E-state index contributed by atoms with van der Waals surface area (Å²) in [6, 6.07) is 0. The monoisotopic (exact) mass is 336 g/mol. The van der Waals surface area contributed by atoms with Crippen LogP contribution in [0.4, 0.5) is 0 Å². The molecule has 0 saturated heterocycles. The molecule has 0 heterocycles. The van der Waals surface area contributed by atoms with Crippen molar-refractivity contribution in [2.75, 3.05) is 19.8 Å². The molecule has 0 aromatic rings. The van der Waals surface area contributed by atoms with E-state index in [9.17, 15) is 14.7 Å². The van der Waals surface area contributed by atoms with Crippen molar-refractivity contribution >= 4 is 11.9 Å². The summed E-state index contributed by atoms with van der Waals surface area (Å²) in [5.41, 5.74) is 1.15. The van der Waals surface area contributed by atoms with Gasteiger partial charge in [-0.15, -0.1) is 0 Å². The minimum atomic E-state index is -1.19. The molecule has 24 heavy (non-hydrogen) atoms. The van der Waals surface area contributed by atoms with Gasteiger partial charge in [-0.1, -0.05) is 12.5 Å². The van der Waals surface area contributed by atoms with Gasteiger partial charge in [0.1, 0.15) is 0 Å². The second kappa shape index (κ2) is 6.17. The summed E-state index contributed by atoms with van der Waals surface area (Å²) in [4.78, 5) is 25.4. The van der Waals surface area contributed by atoms with Gasteiger partial charge in [-0.05, 0) is 68.8 Å². The molecule has 5 nitrogen and oxygen atoms in total. The van der Waals surface area contributed by atoms with E-state index < -0.39 is 17.4 Å². The van der Waals surface area contributed by atoms with Crippen LogP contribution in [0.25, 0.3) is 0 Å². The van der Waals surface area contributed by atoms with E-state index in [1.165, 1.54) is 5.57 Å². The molecule has 0 unspecified atom stereocenters. The summed E-state index contributed by atoms with van der Waals surface area (Å²) in [6.45, 7) is 6.30. The lowest BCUT2D eigenvalue weighted by Gasteiger charge is -2.28. The quantitative estimate of drug-likeness (QED) is 0.475. The molecule has 0 bridgehead atoms. The van der Waals surface area contributed by atoms with Crippen molar-refractivity contribution in [3.05, 3.63) is 11.1 Å². The number of esters is 2. The largest absolute Gasteiger partial charge is 0.465 e. The Hall–Kier alpha value is -1.36.